The number of aromatic nitrogens is 2. The molecule has 3 aromatic rings. The first-order valence-corrected chi connectivity index (χ1v) is 12.1. The Hall–Kier alpha value is -4.14. The molecule has 4 N–H and O–H groups in total. The molecule has 0 fully saturated rings. The molecule has 0 bridgehead atoms. The summed E-state index contributed by atoms with van der Waals surface area (Å²) in [6.07, 6.45) is 7.12. The highest BCUT2D eigenvalue weighted by Crippen LogP contribution is 2.40. The van der Waals surface area contributed by atoms with Gasteiger partial charge in [-0.2, -0.15) is 4.98 Å². The van der Waals surface area contributed by atoms with Crippen LogP contribution in [-0.4, -0.2) is 36.4 Å². The summed E-state index contributed by atoms with van der Waals surface area (Å²) in [7, 11) is -3.84. The van der Waals surface area contributed by atoms with Gasteiger partial charge in [-0.15, -0.1) is 6.42 Å². The minimum Gasteiger partial charge on any atom is -0.476 e. The lowest BCUT2D eigenvalue weighted by atomic mass is 10.0. The molecule has 1 aromatic heterocycles. The fraction of sp³-hybridized carbons (Fsp3) is 0.208. The Kier molecular flexibility index (Phi) is 6.10. The van der Waals surface area contributed by atoms with Gasteiger partial charge < -0.3 is 15.4 Å². The zero-order valence-corrected chi connectivity index (χ0v) is 20.2. The molecule has 1 amide bonds. The van der Waals surface area contributed by atoms with Gasteiger partial charge >= 0.3 is 0 Å². The van der Waals surface area contributed by atoms with Crippen LogP contribution >= 0.6 is 0 Å². The van der Waals surface area contributed by atoms with Crippen LogP contribution in [0.2, 0.25) is 0 Å². The molecule has 10 nitrogen and oxygen atoms in total. The second kappa shape index (κ2) is 8.90. The molecular weight excluding hydrogens is 468 g/mol. The van der Waals surface area contributed by atoms with Crippen LogP contribution in [0.15, 0.2) is 53.6 Å². The van der Waals surface area contributed by atoms with Gasteiger partial charge in [0, 0.05) is 23.1 Å². The number of amides is 1. The highest BCUT2D eigenvalue weighted by atomic mass is 32.2. The van der Waals surface area contributed by atoms with Crippen LogP contribution in [0.1, 0.15) is 19.4 Å². The monoisotopic (exact) mass is 492 g/mol. The van der Waals surface area contributed by atoms with E-state index in [1.807, 2.05) is 13.0 Å². The first-order chi connectivity index (χ1) is 16.5. The number of ether oxygens (including phenoxy) is 1. The third-order valence-electron chi connectivity index (χ3n) is 5.28. The lowest BCUT2D eigenvalue weighted by molar-refractivity contribution is -0.132. The average molecular weight is 493 g/mol. The number of rotatable bonds is 6. The van der Waals surface area contributed by atoms with E-state index < -0.39 is 15.6 Å². The van der Waals surface area contributed by atoms with Gasteiger partial charge in [-0.1, -0.05) is 12.0 Å². The van der Waals surface area contributed by atoms with Crippen LogP contribution < -0.4 is 25.4 Å². The molecule has 0 aliphatic carbocycles. The average Bonchev–Trinajstić information content (AvgIpc) is 2.79. The fourth-order valence-electron chi connectivity index (χ4n) is 3.54. The quantitative estimate of drug-likeness (QED) is 0.446. The molecule has 0 saturated carbocycles. The summed E-state index contributed by atoms with van der Waals surface area (Å²) in [5.41, 5.74) is 1.42. The lowest BCUT2D eigenvalue weighted by Crippen LogP contribution is -2.52. The van der Waals surface area contributed by atoms with Gasteiger partial charge in [-0.3, -0.25) is 9.69 Å². The first kappa shape index (κ1) is 24.0. The maximum atomic E-state index is 12.8. The molecule has 0 unspecified atom stereocenters. The van der Waals surface area contributed by atoms with Crippen LogP contribution in [0.25, 0.3) is 0 Å². The van der Waals surface area contributed by atoms with Crippen molar-refractivity contribution >= 4 is 44.8 Å². The summed E-state index contributed by atoms with van der Waals surface area (Å²) >= 11 is 0. The van der Waals surface area contributed by atoms with Crippen molar-refractivity contribution in [2.45, 2.75) is 31.3 Å². The van der Waals surface area contributed by atoms with Gasteiger partial charge in [-0.25, -0.2) is 18.5 Å². The molecule has 1 aliphatic heterocycles. The molecule has 180 valence electrons. The Morgan fingerprint density at radius 3 is 2.63 bits per heavy atom. The van der Waals surface area contributed by atoms with E-state index in [2.05, 4.69) is 26.5 Å². The van der Waals surface area contributed by atoms with E-state index in [4.69, 9.17) is 16.3 Å². The Morgan fingerprint density at radius 2 is 1.91 bits per heavy atom. The Labute approximate surface area is 203 Å². The predicted molar refractivity (Wildman–Crippen MR) is 133 cm³/mol. The summed E-state index contributed by atoms with van der Waals surface area (Å²) in [6, 6.07) is 11.4. The highest BCUT2D eigenvalue weighted by molar-refractivity contribution is 7.89. The zero-order chi connectivity index (χ0) is 25.4. The summed E-state index contributed by atoms with van der Waals surface area (Å²) in [5.74, 6) is 3.60. The number of carbonyl (C=O) groups excluding carboxylic acids is 1. The molecule has 0 saturated heterocycles. The van der Waals surface area contributed by atoms with Crippen LogP contribution in [0.4, 0.5) is 28.8 Å². The van der Waals surface area contributed by atoms with E-state index in [1.165, 1.54) is 17.0 Å². The number of hydrogen-bond acceptors (Lipinski definition) is 8. The topological polar surface area (TPSA) is 140 Å². The van der Waals surface area contributed by atoms with Crippen LogP contribution in [0.5, 0.6) is 5.75 Å². The van der Waals surface area contributed by atoms with Gasteiger partial charge in [0.05, 0.1) is 17.1 Å². The molecule has 4 rings (SSSR count). The number of aryl methyl sites for hydroxylation is 1. The predicted octanol–water partition coefficient (Wildman–Crippen LogP) is 3.06. The first-order valence-electron chi connectivity index (χ1n) is 10.6. The van der Waals surface area contributed by atoms with Crippen molar-refractivity contribution < 1.29 is 17.9 Å². The number of fused-ring (bicyclic) bond motifs is 1. The summed E-state index contributed by atoms with van der Waals surface area (Å²) in [6.45, 7) is 5.35. The van der Waals surface area contributed by atoms with Crippen molar-refractivity contribution in [1.82, 2.24) is 9.97 Å². The molecule has 11 heteroatoms. The summed E-state index contributed by atoms with van der Waals surface area (Å²) in [5, 5.41) is 11.4. The number of terminal acetylenes is 1. The van der Waals surface area contributed by atoms with Crippen LogP contribution in [0, 0.1) is 19.3 Å². The number of nitrogens with two attached hydrogens (primary N) is 1. The highest BCUT2D eigenvalue weighted by Gasteiger charge is 2.40. The van der Waals surface area contributed by atoms with Gasteiger partial charge in [0.15, 0.2) is 5.60 Å². The third kappa shape index (κ3) is 5.03. The number of anilines is 5. The molecular formula is C24H24N6O4S. The Bertz CT molecular complexity index is 1460. The number of primary sulfonamides is 1. The molecule has 1 aliphatic rings. The van der Waals surface area contributed by atoms with E-state index in [0.29, 0.717) is 28.6 Å². The van der Waals surface area contributed by atoms with Gasteiger partial charge in [0.2, 0.25) is 16.0 Å². The summed E-state index contributed by atoms with van der Waals surface area (Å²) in [4.78, 5) is 23.1. The van der Waals surface area contributed by atoms with E-state index in [-0.39, 0.29) is 23.3 Å². The SMILES string of the molecule is C#CCN1C(=O)C(C)(C)Oc2ccc(Nc3nc(Nc4cccc(S(N)(=O)=O)c4)ncc3C)cc21. The second-order valence-electron chi connectivity index (χ2n) is 8.44. The number of sulfonamides is 1. The maximum absolute atomic E-state index is 12.8. The Morgan fingerprint density at radius 1 is 1.17 bits per heavy atom. The van der Waals surface area contributed by atoms with Gasteiger partial charge in [0.1, 0.15) is 11.6 Å². The van der Waals surface area contributed by atoms with Crippen molar-refractivity contribution in [1.29, 1.82) is 0 Å². The summed E-state index contributed by atoms with van der Waals surface area (Å²) < 4.78 is 29.1. The molecule has 0 radical (unpaired) electrons. The molecule has 2 aromatic carbocycles. The standard InChI is InChI=1S/C24H24N6O4S/c1-5-11-30-19-13-17(9-10-20(19)34-24(3,4)22(30)31)27-21-15(2)14-26-23(29-21)28-16-7-6-8-18(12-16)35(25,32)33/h1,6-10,12-14H,11H2,2-4H3,(H2,25,32,33)(H2,26,27,28,29). The van der Waals surface area contributed by atoms with E-state index in [0.717, 1.165) is 5.56 Å². The number of carbonyl (C=O) groups is 1. The Balaban J connectivity index is 1.62. The normalized spacial score (nSPS) is 14.5. The zero-order valence-electron chi connectivity index (χ0n) is 19.4. The number of nitrogens with one attached hydrogen (secondary N) is 2. The molecule has 0 spiro atoms. The van der Waals surface area contributed by atoms with E-state index >= 15 is 0 Å². The molecule has 0 atom stereocenters. The van der Waals surface area contributed by atoms with Crippen molar-refractivity contribution in [2.24, 2.45) is 5.14 Å². The number of hydrogen-bond donors (Lipinski definition) is 3. The van der Waals surface area contributed by atoms with Crippen molar-refractivity contribution in [3.63, 3.8) is 0 Å². The van der Waals surface area contributed by atoms with Crippen LogP contribution in [-0.2, 0) is 14.8 Å². The van der Waals surface area contributed by atoms with E-state index in [1.54, 1.807) is 44.3 Å². The van der Waals surface area contributed by atoms with Gasteiger partial charge in [-0.05, 0) is 57.2 Å². The minimum absolute atomic E-state index is 0.0292. The van der Waals surface area contributed by atoms with Crippen molar-refractivity contribution in [3.8, 4) is 18.1 Å². The lowest BCUT2D eigenvalue weighted by Gasteiger charge is -2.38. The molecule has 35 heavy (non-hydrogen) atoms. The number of benzene rings is 2. The smallest absolute Gasteiger partial charge is 0.271 e. The van der Waals surface area contributed by atoms with Crippen molar-refractivity contribution in [2.75, 3.05) is 22.1 Å². The van der Waals surface area contributed by atoms with Gasteiger partial charge in [0.25, 0.3) is 5.91 Å². The maximum Gasteiger partial charge on any atom is 0.271 e. The largest absolute Gasteiger partial charge is 0.476 e. The van der Waals surface area contributed by atoms with Crippen molar-refractivity contribution in [3.05, 3.63) is 54.2 Å². The van der Waals surface area contributed by atoms with Crippen LogP contribution in [0.3, 0.4) is 0 Å². The molecule has 2 heterocycles. The minimum atomic E-state index is -3.84. The fourth-order valence-corrected chi connectivity index (χ4v) is 4.10. The number of nitrogens with zero attached hydrogens (tertiary/aromatic N) is 3. The second-order valence-corrected chi connectivity index (χ2v) is 10.00. The third-order valence-corrected chi connectivity index (χ3v) is 6.19. The van der Waals surface area contributed by atoms with E-state index in [9.17, 15) is 13.2 Å².